The average Bonchev–Trinajstić information content (AvgIpc) is 2.97. The first kappa shape index (κ1) is 43.9. The SMILES string of the molecule is CCCCCCCCCCCCCCCCCC(=O)OOOC(=O)CCCCCCCCCCCCCCCCC.[PbH2]. The summed E-state index contributed by atoms with van der Waals surface area (Å²) in [6.07, 6.45) is 39.2. The Labute approximate surface area is 281 Å². The number of carbonyl (C=O) groups excluding carboxylic acids is 2. The van der Waals surface area contributed by atoms with Crippen LogP contribution >= 0.6 is 0 Å². The molecule has 6 heteroatoms. The Bertz CT molecular complexity index is 497. The molecule has 2 radical (unpaired) electrons. The number of unbranched alkanes of at least 4 members (excludes halogenated alkanes) is 28. The molecule has 0 saturated carbocycles. The molecule has 250 valence electrons. The number of hydrogen-bond acceptors (Lipinski definition) is 5. The van der Waals surface area contributed by atoms with Crippen molar-refractivity contribution >= 4 is 39.2 Å². The summed E-state index contributed by atoms with van der Waals surface area (Å²) in [5.41, 5.74) is 0. The van der Waals surface area contributed by atoms with Gasteiger partial charge in [-0.25, -0.2) is 9.59 Å². The molecule has 0 aliphatic carbocycles. The van der Waals surface area contributed by atoms with Crippen molar-refractivity contribution in [2.75, 3.05) is 0 Å². The molecule has 0 aliphatic heterocycles. The van der Waals surface area contributed by atoms with Crippen LogP contribution in [0, 0.1) is 0 Å². The molecule has 0 spiro atoms. The Kier molecular flexibility index (Phi) is 40.6. The molecule has 0 fully saturated rings. The second kappa shape index (κ2) is 38.8. The van der Waals surface area contributed by atoms with Crippen LogP contribution in [0.5, 0.6) is 0 Å². The van der Waals surface area contributed by atoms with Gasteiger partial charge in [-0.3, -0.25) is 9.78 Å². The maximum absolute atomic E-state index is 11.7. The van der Waals surface area contributed by atoms with Gasteiger partial charge in [0, 0.05) is 17.9 Å². The number of rotatable bonds is 34. The van der Waals surface area contributed by atoms with Gasteiger partial charge in [0.15, 0.2) is 0 Å². The summed E-state index contributed by atoms with van der Waals surface area (Å²) in [5, 5.41) is 4.41. The summed E-state index contributed by atoms with van der Waals surface area (Å²) in [6, 6.07) is 0. The summed E-state index contributed by atoms with van der Waals surface area (Å²) in [6.45, 7) is 4.54. The zero-order valence-corrected chi connectivity index (χ0v) is 33.9. The minimum absolute atomic E-state index is 0. The van der Waals surface area contributed by atoms with E-state index < -0.39 is 11.9 Å². The van der Waals surface area contributed by atoms with Gasteiger partial charge in [0.2, 0.25) is 0 Å². The minimum atomic E-state index is -0.473. The van der Waals surface area contributed by atoms with Gasteiger partial charge < -0.3 is 0 Å². The Balaban J connectivity index is 0. The Morgan fingerprint density at radius 3 is 0.738 bits per heavy atom. The van der Waals surface area contributed by atoms with E-state index in [1.807, 2.05) is 0 Å². The van der Waals surface area contributed by atoms with Crippen molar-refractivity contribution in [1.29, 1.82) is 0 Å². The van der Waals surface area contributed by atoms with E-state index >= 15 is 0 Å². The first-order chi connectivity index (χ1) is 20.2. The second-order valence-corrected chi connectivity index (χ2v) is 12.4. The van der Waals surface area contributed by atoms with E-state index in [9.17, 15) is 9.59 Å². The third-order valence-corrected chi connectivity index (χ3v) is 8.22. The van der Waals surface area contributed by atoms with Crippen LogP contribution in [0.1, 0.15) is 219 Å². The van der Waals surface area contributed by atoms with E-state index in [4.69, 9.17) is 0 Å². The first-order valence-electron chi connectivity index (χ1n) is 18.3. The molecular weight excluding hydrogens is 720 g/mol. The van der Waals surface area contributed by atoms with E-state index in [0.29, 0.717) is 12.8 Å². The van der Waals surface area contributed by atoms with Gasteiger partial charge in [-0.15, -0.1) is 0 Å². The molecule has 0 saturated heterocycles. The first-order valence-corrected chi connectivity index (χ1v) is 18.3. The quantitative estimate of drug-likeness (QED) is 0.0281. The Hall–Kier alpha value is -0.178. The van der Waals surface area contributed by atoms with Crippen LogP contribution < -0.4 is 0 Å². The molecule has 0 unspecified atom stereocenters. The van der Waals surface area contributed by atoms with Crippen LogP contribution in [0.15, 0.2) is 0 Å². The third-order valence-electron chi connectivity index (χ3n) is 8.22. The molecule has 0 aromatic rings. The Morgan fingerprint density at radius 2 is 0.524 bits per heavy atom. The zero-order chi connectivity index (χ0) is 29.9. The summed E-state index contributed by atoms with van der Waals surface area (Å²) in [4.78, 5) is 32.6. The summed E-state index contributed by atoms with van der Waals surface area (Å²) < 4.78 is 0. The molecule has 5 nitrogen and oxygen atoms in total. The van der Waals surface area contributed by atoms with Gasteiger partial charge in [-0.05, 0) is 12.8 Å². The molecule has 0 aromatic carbocycles. The van der Waals surface area contributed by atoms with Crippen molar-refractivity contribution in [2.45, 2.75) is 219 Å². The van der Waals surface area contributed by atoms with Crippen LogP contribution in [0.2, 0.25) is 0 Å². The maximum atomic E-state index is 11.7. The van der Waals surface area contributed by atoms with Crippen LogP contribution in [0.25, 0.3) is 0 Å². The number of carbonyl (C=O) groups is 2. The topological polar surface area (TPSA) is 61.8 Å². The van der Waals surface area contributed by atoms with Crippen LogP contribution in [0.4, 0.5) is 0 Å². The van der Waals surface area contributed by atoms with E-state index in [-0.39, 0.29) is 27.3 Å². The molecule has 0 amide bonds. The molecule has 0 bridgehead atoms. The van der Waals surface area contributed by atoms with Gasteiger partial charge >= 0.3 is 39.2 Å². The summed E-state index contributed by atoms with van der Waals surface area (Å²) >= 11 is 0. The molecule has 0 N–H and O–H groups in total. The van der Waals surface area contributed by atoms with Gasteiger partial charge in [-0.1, -0.05) is 194 Å². The fourth-order valence-electron chi connectivity index (χ4n) is 5.46. The van der Waals surface area contributed by atoms with Crippen molar-refractivity contribution in [1.82, 2.24) is 0 Å². The van der Waals surface area contributed by atoms with Gasteiger partial charge in [0.1, 0.15) is 0 Å². The van der Waals surface area contributed by atoms with Crippen LogP contribution in [-0.2, 0) is 24.4 Å². The Morgan fingerprint density at radius 1 is 0.333 bits per heavy atom. The van der Waals surface area contributed by atoms with E-state index in [0.717, 1.165) is 38.5 Å². The molecule has 0 atom stereocenters. The average molecular weight is 792 g/mol. The predicted molar refractivity (Wildman–Crippen MR) is 181 cm³/mol. The predicted octanol–water partition coefficient (Wildman–Crippen LogP) is 11.5. The van der Waals surface area contributed by atoms with Crippen molar-refractivity contribution in [2.24, 2.45) is 0 Å². The van der Waals surface area contributed by atoms with E-state index in [1.165, 1.54) is 154 Å². The van der Waals surface area contributed by atoms with Crippen LogP contribution in [-0.4, -0.2) is 39.2 Å². The summed E-state index contributed by atoms with van der Waals surface area (Å²) in [7, 11) is 0. The van der Waals surface area contributed by atoms with Crippen molar-refractivity contribution in [3.63, 3.8) is 0 Å². The van der Waals surface area contributed by atoms with Crippen molar-refractivity contribution < 1.29 is 24.4 Å². The van der Waals surface area contributed by atoms with E-state index in [1.54, 1.807) is 0 Å². The molecule has 0 aliphatic rings. The second-order valence-electron chi connectivity index (χ2n) is 12.4. The summed E-state index contributed by atoms with van der Waals surface area (Å²) in [5.74, 6) is -0.945. The monoisotopic (exact) mass is 793 g/mol. The zero-order valence-electron chi connectivity index (χ0n) is 28.4. The molecule has 0 heterocycles. The fourth-order valence-corrected chi connectivity index (χ4v) is 5.46. The van der Waals surface area contributed by atoms with Gasteiger partial charge in [0.25, 0.3) is 0 Å². The molecule has 0 aromatic heterocycles. The van der Waals surface area contributed by atoms with Crippen LogP contribution in [0.3, 0.4) is 0 Å². The normalized spacial score (nSPS) is 10.9. The molecule has 42 heavy (non-hydrogen) atoms. The van der Waals surface area contributed by atoms with Crippen molar-refractivity contribution in [3.05, 3.63) is 0 Å². The van der Waals surface area contributed by atoms with Gasteiger partial charge in [-0.2, -0.15) is 0 Å². The molecule has 0 rings (SSSR count). The van der Waals surface area contributed by atoms with E-state index in [2.05, 4.69) is 28.7 Å². The molecular formula is C36H72O5Pb. The van der Waals surface area contributed by atoms with Crippen molar-refractivity contribution in [3.8, 4) is 0 Å². The fraction of sp³-hybridized carbons (Fsp3) is 0.944. The van der Waals surface area contributed by atoms with Gasteiger partial charge in [0.05, 0.1) is 0 Å². The standard InChI is InChI=1S/C36H70O5.Pb.2H/c1-3-5-7-9-11-13-15-17-19-21-23-25-27-29-31-33-35(37)39-41-40-36(38)34-32-30-28-26-24-22-20-18-16-14-12-10-8-6-4-2;;;/h3-34H2,1-2H3;;;. The number of hydrogen-bond donors (Lipinski definition) is 0. The third kappa shape index (κ3) is 37.8.